The molecule has 10 heteroatoms. The molecule has 3 aromatic heterocycles. The third-order valence-corrected chi connectivity index (χ3v) is 7.74. The summed E-state index contributed by atoms with van der Waals surface area (Å²) in [7, 11) is 4.30. The summed E-state index contributed by atoms with van der Waals surface area (Å²) in [4.78, 5) is 31.7. The number of fused-ring (bicyclic) bond motifs is 1. The predicted molar refractivity (Wildman–Crippen MR) is 154 cm³/mol. The normalized spacial score (nSPS) is 17.5. The van der Waals surface area contributed by atoms with E-state index in [1.807, 2.05) is 42.7 Å². The molecule has 39 heavy (non-hydrogen) atoms. The number of piperazine rings is 2. The van der Waals surface area contributed by atoms with Crippen LogP contribution in [-0.4, -0.2) is 107 Å². The molecule has 0 bridgehead atoms. The van der Waals surface area contributed by atoms with Crippen LogP contribution in [0.1, 0.15) is 16.1 Å². The van der Waals surface area contributed by atoms with E-state index in [2.05, 4.69) is 65.2 Å². The number of benzene rings is 1. The number of carbonyl (C=O) groups is 1. The first kappa shape index (κ1) is 25.4. The molecule has 2 saturated heterocycles. The number of amides is 1. The molecular weight excluding hydrogens is 490 g/mol. The van der Waals surface area contributed by atoms with Crippen LogP contribution in [0.15, 0.2) is 55.0 Å². The fourth-order valence-electron chi connectivity index (χ4n) is 5.24. The van der Waals surface area contributed by atoms with Crippen LogP contribution < -0.4 is 10.2 Å². The van der Waals surface area contributed by atoms with Gasteiger partial charge in [-0.3, -0.25) is 19.8 Å². The standard InChI is InChI=1S/C29H35N9O/c1-35-7-11-37(12-8-35)20-21-15-23(18-30-17-21)22-3-5-26-25(16-22)28(34-33-26)29(39)32-24-4-6-27(31-19-24)38-13-9-36(2)10-14-38/h3-6,15-19H,7-14,20H2,1-2H3,(H,32,39)(H,33,34). The van der Waals surface area contributed by atoms with Gasteiger partial charge in [0.15, 0.2) is 5.69 Å². The van der Waals surface area contributed by atoms with E-state index in [9.17, 15) is 4.79 Å². The molecule has 4 aromatic rings. The zero-order valence-electron chi connectivity index (χ0n) is 22.6. The highest BCUT2D eigenvalue weighted by Gasteiger charge is 2.18. The molecule has 2 N–H and O–H groups in total. The Morgan fingerprint density at radius 2 is 1.64 bits per heavy atom. The maximum Gasteiger partial charge on any atom is 0.276 e. The monoisotopic (exact) mass is 525 g/mol. The number of aromatic nitrogens is 4. The third kappa shape index (κ3) is 5.78. The molecule has 0 unspecified atom stereocenters. The van der Waals surface area contributed by atoms with E-state index in [0.717, 1.165) is 86.8 Å². The molecule has 5 heterocycles. The number of rotatable bonds is 6. The summed E-state index contributed by atoms with van der Waals surface area (Å²) in [5.74, 6) is 0.661. The Morgan fingerprint density at radius 1 is 0.872 bits per heavy atom. The van der Waals surface area contributed by atoms with Gasteiger partial charge in [0.25, 0.3) is 5.91 Å². The van der Waals surface area contributed by atoms with Crippen LogP contribution in [0, 0.1) is 0 Å². The SMILES string of the molecule is CN1CCN(Cc2cncc(-c3ccc4[nH]nc(C(=O)Nc5ccc(N6CCN(C)CC6)nc5)c4c3)c2)CC1. The number of carbonyl (C=O) groups excluding carboxylic acids is 1. The van der Waals surface area contributed by atoms with Crippen LogP contribution >= 0.6 is 0 Å². The van der Waals surface area contributed by atoms with Gasteiger partial charge < -0.3 is 20.0 Å². The number of anilines is 2. The number of hydrogen-bond acceptors (Lipinski definition) is 8. The van der Waals surface area contributed by atoms with Crippen LogP contribution in [0.3, 0.4) is 0 Å². The Bertz CT molecular complexity index is 1430. The summed E-state index contributed by atoms with van der Waals surface area (Å²) in [6.07, 6.45) is 5.53. The molecule has 10 nitrogen and oxygen atoms in total. The Balaban J connectivity index is 1.16. The van der Waals surface area contributed by atoms with Crippen LogP contribution in [0.4, 0.5) is 11.5 Å². The molecule has 202 valence electrons. The van der Waals surface area contributed by atoms with Gasteiger partial charge in [0, 0.05) is 82.2 Å². The Labute approximate surface area is 228 Å². The molecule has 0 saturated carbocycles. The second kappa shape index (κ2) is 11.1. The van der Waals surface area contributed by atoms with Crippen molar-refractivity contribution in [3.05, 3.63) is 66.2 Å². The van der Waals surface area contributed by atoms with E-state index in [-0.39, 0.29) is 5.91 Å². The van der Waals surface area contributed by atoms with E-state index in [1.165, 1.54) is 5.56 Å². The smallest absolute Gasteiger partial charge is 0.276 e. The van der Waals surface area contributed by atoms with E-state index in [0.29, 0.717) is 11.4 Å². The Morgan fingerprint density at radius 3 is 2.38 bits per heavy atom. The van der Waals surface area contributed by atoms with Crippen molar-refractivity contribution in [3.8, 4) is 11.1 Å². The lowest BCUT2D eigenvalue weighted by Crippen LogP contribution is -2.44. The first-order valence-electron chi connectivity index (χ1n) is 13.6. The largest absolute Gasteiger partial charge is 0.354 e. The number of nitrogens with zero attached hydrogens (tertiary/aromatic N) is 7. The van der Waals surface area contributed by atoms with Gasteiger partial charge >= 0.3 is 0 Å². The lowest BCUT2D eigenvalue weighted by molar-refractivity contribution is 0.102. The van der Waals surface area contributed by atoms with Gasteiger partial charge in [-0.25, -0.2) is 4.98 Å². The lowest BCUT2D eigenvalue weighted by Gasteiger charge is -2.33. The van der Waals surface area contributed by atoms with E-state index < -0.39 is 0 Å². The topological polar surface area (TPSA) is 96.5 Å². The van der Waals surface area contributed by atoms with Crippen LogP contribution in [0.5, 0.6) is 0 Å². The Kier molecular flexibility index (Phi) is 7.23. The minimum absolute atomic E-state index is 0.269. The number of nitrogens with one attached hydrogen (secondary N) is 2. The molecule has 2 fully saturated rings. The highest BCUT2D eigenvalue weighted by Crippen LogP contribution is 2.27. The second-order valence-electron chi connectivity index (χ2n) is 10.6. The number of hydrogen-bond donors (Lipinski definition) is 2. The zero-order valence-corrected chi connectivity index (χ0v) is 22.6. The second-order valence-corrected chi connectivity index (χ2v) is 10.6. The summed E-state index contributed by atoms with van der Waals surface area (Å²) in [5.41, 5.74) is 5.04. The molecular formula is C29H35N9O. The van der Waals surface area contributed by atoms with Gasteiger partial charge in [0.1, 0.15) is 5.82 Å². The minimum Gasteiger partial charge on any atom is -0.354 e. The van der Waals surface area contributed by atoms with Crippen LogP contribution in [0.25, 0.3) is 22.0 Å². The summed E-state index contributed by atoms with van der Waals surface area (Å²) >= 11 is 0. The van der Waals surface area contributed by atoms with Crippen LogP contribution in [-0.2, 0) is 6.54 Å². The number of H-pyrrole nitrogens is 1. The van der Waals surface area contributed by atoms with Gasteiger partial charge in [0.05, 0.1) is 17.4 Å². The summed E-state index contributed by atoms with van der Waals surface area (Å²) < 4.78 is 0. The first-order chi connectivity index (χ1) is 19.0. The molecule has 6 rings (SSSR count). The summed E-state index contributed by atoms with van der Waals surface area (Å²) in [6, 6.07) is 12.1. The maximum atomic E-state index is 13.2. The molecule has 2 aliphatic rings. The molecule has 1 aromatic carbocycles. The number of likely N-dealkylation sites (N-methyl/N-ethyl adjacent to an activating group) is 2. The van der Waals surface area contributed by atoms with Crippen LogP contribution in [0.2, 0.25) is 0 Å². The first-order valence-corrected chi connectivity index (χ1v) is 13.6. The average Bonchev–Trinajstić information content (AvgIpc) is 3.39. The highest BCUT2D eigenvalue weighted by molar-refractivity contribution is 6.11. The lowest BCUT2D eigenvalue weighted by atomic mass is 10.0. The molecule has 0 spiro atoms. The molecule has 0 radical (unpaired) electrons. The van der Waals surface area contributed by atoms with Crippen molar-refractivity contribution in [2.24, 2.45) is 0 Å². The third-order valence-electron chi connectivity index (χ3n) is 7.74. The summed E-state index contributed by atoms with van der Waals surface area (Å²) in [5, 5.41) is 11.1. The van der Waals surface area contributed by atoms with Gasteiger partial charge in [0.2, 0.25) is 0 Å². The minimum atomic E-state index is -0.269. The summed E-state index contributed by atoms with van der Waals surface area (Å²) in [6.45, 7) is 9.13. The van der Waals surface area contributed by atoms with Gasteiger partial charge in [-0.1, -0.05) is 6.07 Å². The van der Waals surface area contributed by atoms with Crippen molar-refractivity contribution in [1.82, 2.24) is 34.9 Å². The quantitative estimate of drug-likeness (QED) is 0.397. The highest BCUT2D eigenvalue weighted by atomic mass is 16.1. The van der Waals surface area contributed by atoms with Crippen molar-refractivity contribution in [1.29, 1.82) is 0 Å². The van der Waals surface area contributed by atoms with Gasteiger partial charge in [-0.2, -0.15) is 5.10 Å². The fraction of sp³-hybridized carbons (Fsp3) is 0.379. The van der Waals surface area contributed by atoms with E-state index >= 15 is 0 Å². The zero-order chi connectivity index (χ0) is 26.8. The Hall–Kier alpha value is -3.86. The maximum absolute atomic E-state index is 13.2. The van der Waals surface area contributed by atoms with Crippen molar-refractivity contribution in [2.75, 3.05) is 76.7 Å². The fourth-order valence-corrected chi connectivity index (χ4v) is 5.24. The predicted octanol–water partition coefficient (Wildman–Crippen LogP) is 2.77. The van der Waals surface area contributed by atoms with Crippen molar-refractivity contribution >= 4 is 28.3 Å². The number of aromatic amines is 1. The van der Waals surface area contributed by atoms with Crippen molar-refractivity contribution < 1.29 is 4.79 Å². The van der Waals surface area contributed by atoms with E-state index in [4.69, 9.17) is 0 Å². The molecule has 2 aliphatic heterocycles. The van der Waals surface area contributed by atoms with Gasteiger partial charge in [-0.05, 0) is 55.6 Å². The van der Waals surface area contributed by atoms with Crippen molar-refractivity contribution in [2.45, 2.75) is 6.54 Å². The molecule has 0 atom stereocenters. The van der Waals surface area contributed by atoms with E-state index in [1.54, 1.807) is 6.20 Å². The average molecular weight is 526 g/mol. The number of pyridine rings is 2. The van der Waals surface area contributed by atoms with Crippen molar-refractivity contribution in [3.63, 3.8) is 0 Å². The molecule has 1 amide bonds. The molecule has 0 aliphatic carbocycles. The van der Waals surface area contributed by atoms with Gasteiger partial charge in [-0.15, -0.1) is 0 Å².